The van der Waals surface area contributed by atoms with E-state index in [0.29, 0.717) is 33.5 Å². The third-order valence-electron chi connectivity index (χ3n) is 14.5. The molecule has 0 N–H and O–H groups in total. The minimum atomic E-state index is -0.0969. The molecule has 0 aromatic carbocycles. The molecule has 218 valence electrons. The molecule has 2 nitrogen and oxygen atoms in total. The van der Waals surface area contributed by atoms with Crippen molar-refractivity contribution in [2.45, 2.75) is 146 Å². The second-order valence-electron chi connectivity index (χ2n) is 15.8. The van der Waals surface area contributed by atoms with Crippen molar-refractivity contribution in [2.24, 2.45) is 62.6 Å². The van der Waals surface area contributed by atoms with Gasteiger partial charge in [-0.25, -0.2) is 0 Å². The van der Waals surface area contributed by atoms with Gasteiger partial charge >= 0.3 is 5.97 Å². The largest absolute Gasteiger partial charge is 0.462 e. The molecule has 2 spiro atoms. The summed E-state index contributed by atoms with van der Waals surface area (Å²) in [6, 6.07) is 0. The SMILES string of the molecule is C=C(CC[C@@H](C)C1CC[C@@]2(C)[C@@H]3CCC4C(C)(C)[C@@H](OC(C)=O)CCC45[C@@H](C)C35CC[C@]12C)C(C)C.CC. The zero-order valence-corrected chi connectivity index (χ0v) is 27.1. The lowest BCUT2D eigenvalue weighted by Gasteiger charge is -2.63. The van der Waals surface area contributed by atoms with Gasteiger partial charge in [-0.2, -0.15) is 0 Å². The van der Waals surface area contributed by atoms with E-state index in [4.69, 9.17) is 4.74 Å². The van der Waals surface area contributed by atoms with E-state index in [9.17, 15) is 4.79 Å². The lowest BCUT2D eigenvalue weighted by Crippen LogP contribution is -2.58. The van der Waals surface area contributed by atoms with Crippen molar-refractivity contribution in [3.63, 3.8) is 0 Å². The quantitative estimate of drug-likeness (QED) is 0.254. The summed E-state index contributed by atoms with van der Waals surface area (Å²) in [6.07, 6.45) is 13.4. The maximum absolute atomic E-state index is 11.9. The molecule has 0 heterocycles. The van der Waals surface area contributed by atoms with Crippen molar-refractivity contribution in [3.05, 3.63) is 12.2 Å². The minimum absolute atomic E-state index is 0.0832. The van der Waals surface area contributed by atoms with E-state index < -0.39 is 0 Å². The first kappa shape index (κ1) is 30.2. The first-order chi connectivity index (χ1) is 17.7. The van der Waals surface area contributed by atoms with Crippen LogP contribution in [-0.4, -0.2) is 12.1 Å². The number of fused-ring (bicyclic) bond motifs is 2. The van der Waals surface area contributed by atoms with Gasteiger partial charge in [-0.05, 0) is 121 Å². The van der Waals surface area contributed by atoms with E-state index >= 15 is 0 Å². The van der Waals surface area contributed by atoms with Crippen LogP contribution in [0.2, 0.25) is 0 Å². The molecule has 0 bridgehead atoms. The number of carbonyl (C=O) groups excluding carboxylic acids is 1. The first-order valence-corrected chi connectivity index (χ1v) is 16.5. The van der Waals surface area contributed by atoms with Crippen LogP contribution in [0.25, 0.3) is 0 Å². The number of hydrogen-bond donors (Lipinski definition) is 0. The third kappa shape index (κ3) is 3.79. The predicted octanol–water partition coefficient (Wildman–Crippen LogP) is 10.3. The van der Waals surface area contributed by atoms with Crippen molar-refractivity contribution in [1.29, 1.82) is 0 Å². The Labute approximate surface area is 236 Å². The zero-order chi connectivity index (χ0) is 28.5. The Morgan fingerprint density at radius 3 is 2.08 bits per heavy atom. The van der Waals surface area contributed by atoms with Gasteiger partial charge in [0.05, 0.1) is 0 Å². The molecule has 0 aliphatic heterocycles. The normalized spacial score (nSPS) is 46.9. The Balaban J connectivity index is 0.00000164. The van der Waals surface area contributed by atoms with Crippen LogP contribution in [0.1, 0.15) is 140 Å². The van der Waals surface area contributed by atoms with Gasteiger partial charge in [0.25, 0.3) is 0 Å². The van der Waals surface area contributed by atoms with Crippen molar-refractivity contribution in [3.8, 4) is 0 Å². The van der Waals surface area contributed by atoms with Gasteiger partial charge in [0, 0.05) is 12.3 Å². The third-order valence-corrected chi connectivity index (χ3v) is 14.5. The van der Waals surface area contributed by atoms with Gasteiger partial charge in [-0.1, -0.05) is 81.4 Å². The fourth-order valence-electron chi connectivity index (χ4n) is 12.3. The summed E-state index contributed by atoms with van der Waals surface area (Å²) in [5.74, 6) is 4.56. The van der Waals surface area contributed by atoms with Gasteiger partial charge < -0.3 is 4.74 Å². The summed E-state index contributed by atoms with van der Waals surface area (Å²) >= 11 is 0. The molecule has 0 radical (unpaired) electrons. The molecule has 5 aliphatic carbocycles. The van der Waals surface area contributed by atoms with Crippen molar-refractivity contribution < 1.29 is 9.53 Å². The highest BCUT2D eigenvalue weighted by Gasteiger charge is 2.86. The highest BCUT2D eigenvalue weighted by Crippen LogP contribution is 2.91. The molecule has 5 saturated carbocycles. The summed E-state index contributed by atoms with van der Waals surface area (Å²) < 4.78 is 5.94. The number of ether oxygens (including phenoxy) is 1. The van der Waals surface area contributed by atoms with Crippen LogP contribution in [0.4, 0.5) is 0 Å². The van der Waals surface area contributed by atoms with E-state index in [2.05, 4.69) is 62.0 Å². The number of hydrogen-bond acceptors (Lipinski definition) is 2. The smallest absolute Gasteiger partial charge is 0.302 e. The zero-order valence-electron chi connectivity index (χ0n) is 27.1. The fraction of sp³-hybridized carbons (Fsp3) is 0.917. The van der Waals surface area contributed by atoms with Gasteiger partial charge in [-0.15, -0.1) is 0 Å². The molecule has 2 heteroatoms. The second-order valence-corrected chi connectivity index (χ2v) is 15.8. The van der Waals surface area contributed by atoms with Crippen LogP contribution in [0.5, 0.6) is 0 Å². The monoisotopic (exact) mass is 526 g/mol. The van der Waals surface area contributed by atoms with E-state index in [1.165, 1.54) is 63.4 Å². The Kier molecular flexibility index (Phi) is 7.89. The molecule has 0 aromatic heterocycles. The van der Waals surface area contributed by atoms with Crippen molar-refractivity contribution in [1.82, 2.24) is 0 Å². The summed E-state index contributed by atoms with van der Waals surface area (Å²) in [4.78, 5) is 11.9. The van der Waals surface area contributed by atoms with Gasteiger partial charge in [-0.3, -0.25) is 4.79 Å². The highest BCUT2D eigenvalue weighted by atomic mass is 16.5. The molecule has 10 atom stereocenters. The lowest BCUT2D eigenvalue weighted by molar-refractivity contribution is -0.181. The molecule has 0 aromatic rings. The average molecular weight is 527 g/mol. The van der Waals surface area contributed by atoms with Crippen molar-refractivity contribution in [2.75, 3.05) is 0 Å². The van der Waals surface area contributed by atoms with Crippen molar-refractivity contribution >= 4 is 5.97 Å². The van der Waals surface area contributed by atoms with E-state index in [1.54, 1.807) is 6.92 Å². The summed E-state index contributed by atoms with van der Waals surface area (Å²) in [5, 5.41) is 0. The molecular weight excluding hydrogens is 464 g/mol. The molecule has 0 saturated heterocycles. The topological polar surface area (TPSA) is 26.3 Å². The molecular formula is C36H62O2. The average Bonchev–Trinajstić information content (AvgIpc) is 3.25. The molecule has 5 fully saturated rings. The molecule has 5 aliphatic rings. The van der Waals surface area contributed by atoms with Gasteiger partial charge in [0.1, 0.15) is 6.10 Å². The summed E-state index contributed by atoms with van der Waals surface area (Å²) in [5.41, 5.74) is 3.49. The van der Waals surface area contributed by atoms with Gasteiger partial charge in [0.15, 0.2) is 0 Å². The highest BCUT2D eigenvalue weighted by molar-refractivity contribution is 5.66. The van der Waals surface area contributed by atoms with Crippen LogP contribution in [0.3, 0.4) is 0 Å². The van der Waals surface area contributed by atoms with Crippen LogP contribution in [0.15, 0.2) is 12.2 Å². The minimum Gasteiger partial charge on any atom is -0.462 e. The van der Waals surface area contributed by atoms with Crippen LogP contribution >= 0.6 is 0 Å². The van der Waals surface area contributed by atoms with E-state index in [0.717, 1.165) is 30.1 Å². The number of esters is 1. The summed E-state index contributed by atoms with van der Waals surface area (Å²) in [7, 11) is 0. The Hall–Kier alpha value is -0.790. The predicted molar refractivity (Wildman–Crippen MR) is 161 cm³/mol. The first-order valence-electron chi connectivity index (χ1n) is 16.5. The van der Waals surface area contributed by atoms with Crippen LogP contribution in [0, 0.1) is 62.6 Å². The maximum atomic E-state index is 11.9. The Bertz CT molecular complexity index is 916. The van der Waals surface area contributed by atoms with E-state index in [1.807, 2.05) is 13.8 Å². The molecule has 4 unspecified atom stereocenters. The summed E-state index contributed by atoms with van der Waals surface area (Å²) in [6.45, 7) is 30.1. The van der Waals surface area contributed by atoms with E-state index in [-0.39, 0.29) is 17.5 Å². The number of carbonyl (C=O) groups is 1. The number of rotatable bonds is 6. The van der Waals surface area contributed by atoms with Crippen LogP contribution < -0.4 is 0 Å². The molecule has 38 heavy (non-hydrogen) atoms. The second kappa shape index (κ2) is 9.94. The maximum Gasteiger partial charge on any atom is 0.302 e. The molecule has 0 amide bonds. The lowest BCUT2D eigenvalue weighted by atomic mass is 9.41. The fourth-order valence-corrected chi connectivity index (χ4v) is 12.3. The standard InChI is InChI=1S/C34H56O2.C2H6/c1-21(2)22(3)11-12-23(4)26-15-17-32(10)28-14-13-27-30(7,8)29(36-25(6)35)16-18-33(27)24(5)34(28,33)20-19-31(26,32)9;1-2/h21,23-24,26-29H,3,11-20H2,1-2,4-10H3;1-2H3/t23-,24-,26?,27?,28+,29+,31-,32+,33?,34?;/m1./s1. The number of allylic oxidation sites excluding steroid dienone is 1. The Morgan fingerprint density at radius 2 is 1.47 bits per heavy atom. The Morgan fingerprint density at radius 1 is 0.868 bits per heavy atom. The van der Waals surface area contributed by atoms with Gasteiger partial charge in [0.2, 0.25) is 0 Å². The molecule has 5 rings (SSSR count). The van der Waals surface area contributed by atoms with Crippen LogP contribution in [-0.2, 0) is 9.53 Å².